The summed E-state index contributed by atoms with van der Waals surface area (Å²) in [6.07, 6.45) is -0.905. The van der Waals surface area contributed by atoms with Gasteiger partial charge in [0.2, 0.25) is 0 Å². The lowest BCUT2D eigenvalue weighted by Gasteiger charge is -2.20. The molecule has 1 aromatic carbocycles. The van der Waals surface area contributed by atoms with E-state index in [2.05, 4.69) is 32.9 Å². The zero-order valence-corrected chi connectivity index (χ0v) is 12.9. The van der Waals surface area contributed by atoms with E-state index in [1.165, 1.54) is 5.56 Å². The summed E-state index contributed by atoms with van der Waals surface area (Å²) in [6, 6.07) is 8.11. The Morgan fingerprint density at radius 2 is 1.74 bits per heavy atom. The third-order valence-electron chi connectivity index (χ3n) is 3.21. The van der Waals surface area contributed by atoms with Gasteiger partial charge in [0, 0.05) is 10.8 Å². The SMILES string of the molecule is C[C@H](c1ccc(C(C)(C)C)cc1)[S@](=O)C[C@H](O)CO. The molecule has 19 heavy (non-hydrogen) atoms. The summed E-state index contributed by atoms with van der Waals surface area (Å²) >= 11 is 0. The van der Waals surface area contributed by atoms with Crippen molar-refractivity contribution in [3.63, 3.8) is 0 Å². The smallest absolute Gasteiger partial charge is 0.0886 e. The number of benzene rings is 1. The standard InChI is InChI=1S/C15H24O3S/c1-11(19(18)10-14(17)9-16)12-5-7-13(8-6-12)15(2,3)4/h5-8,11,14,16-17H,9-10H2,1-4H3/t11-,14-,19-/m1/s1. The third-order valence-corrected chi connectivity index (χ3v) is 4.98. The molecule has 0 radical (unpaired) electrons. The van der Waals surface area contributed by atoms with Crippen molar-refractivity contribution >= 4 is 10.8 Å². The van der Waals surface area contributed by atoms with E-state index in [1.54, 1.807) is 0 Å². The van der Waals surface area contributed by atoms with E-state index in [9.17, 15) is 9.32 Å². The second-order valence-corrected chi connectivity index (χ2v) is 7.70. The molecule has 1 rings (SSSR count). The number of rotatable bonds is 5. The average Bonchev–Trinajstić information content (AvgIpc) is 2.36. The molecule has 108 valence electrons. The van der Waals surface area contributed by atoms with Gasteiger partial charge >= 0.3 is 0 Å². The molecule has 0 aliphatic heterocycles. The van der Waals surface area contributed by atoms with Gasteiger partial charge in [0.1, 0.15) is 0 Å². The lowest BCUT2D eigenvalue weighted by molar-refractivity contribution is 0.113. The van der Waals surface area contributed by atoms with Gasteiger partial charge in [0.15, 0.2) is 0 Å². The van der Waals surface area contributed by atoms with Crippen LogP contribution in [0.2, 0.25) is 0 Å². The molecule has 0 saturated carbocycles. The number of aliphatic hydroxyl groups is 2. The van der Waals surface area contributed by atoms with Gasteiger partial charge < -0.3 is 10.2 Å². The largest absolute Gasteiger partial charge is 0.394 e. The first-order valence-electron chi connectivity index (χ1n) is 6.52. The van der Waals surface area contributed by atoms with Gasteiger partial charge in [-0.05, 0) is 23.5 Å². The fourth-order valence-corrected chi connectivity index (χ4v) is 3.03. The van der Waals surface area contributed by atoms with E-state index in [0.717, 1.165) is 5.56 Å². The Bertz CT molecular complexity index is 420. The summed E-state index contributed by atoms with van der Waals surface area (Å²) in [7, 11) is -1.18. The predicted octanol–water partition coefficient (Wildman–Crippen LogP) is 2.15. The molecule has 2 N–H and O–H groups in total. The highest BCUT2D eigenvalue weighted by Gasteiger charge is 2.18. The molecule has 0 saturated heterocycles. The monoisotopic (exact) mass is 284 g/mol. The van der Waals surface area contributed by atoms with Crippen LogP contribution >= 0.6 is 0 Å². The first kappa shape index (κ1) is 16.3. The maximum absolute atomic E-state index is 12.0. The van der Waals surface area contributed by atoms with E-state index in [1.807, 2.05) is 19.1 Å². The van der Waals surface area contributed by atoms with Gasteiger partial charge in [-0.2, -0.15) is 0 Å². The first-order valence-corrected chi connectivity index (χ1v) is 7.90. The molecule has 1 aromatic rings. The Morgan fingerprint density at radius 3 is 2.16 bits per heavy atom. The number of hydrogen-bond acceptors (Lipinski definition) is 3. The van der Waals surface area contributed by atoms with Gasteiger partial charge in [0.25, 0.3) is 0 Å². The van der Waals surface area contributed by atoms with Crippen molar-refractivity contribution in [2.24, 2.45) is 0 Å². The van der Waals surface area contributed by atoms with E-state index in [4.69, 9.17) is 5.11 Å². The van der Waals surface area contributed by atoms with E-state index < -0.39 is 16.9 Å². The molecule has 3 atom stereocenters. The highest BCUT2D eigenvalue weighted by molar-refractivity contribution is 7.85. The summed E-state index contributed by atoms with van der Waals surface area (Å²) < 4.78 is 12.0. The molecule has 0 fully saturated rings. The van der Waals surface area contributed by atoms with Crippen molar-refractivity contribution < 1.29 is 14.4 Å². The zero-order valence-electron chi connectivity index (χ0n) is 12.1. The minimum Gasteiger partial charge on any atom is -0.394 e. The van der Waals surface area contributed by atoms with Crippen LogP contribution in [0.5, 0.6) is 0 Å². The van der Waals surface area contributed by atoms with Crippen molar-refractivity contribution in [1.29, 1.82) is 0 Å². The van der Waals surface area contributed by atoms with E-state index in [0.29, 0.717) is 0 Å². The fourth-order valence-electron chi connectivity index (χ4n) is 1.79. The summed E-state index contributed by atoms with van der Waals surface area (Å²) in [5.41, 5.74) is 2.34. The molecule has 0 unspecified atom stereocenters. The molecule has 4 heteroatoms. The Labute approximate surface area is 118 Å². The van der Waals surface area contributed by atoms with Crippen LogP contribution in [-0.4, -0.2) is 32.9 Å². The summed E-state index contributed by atoms with van der Waals surface area (Å²) in [5, 5.41) is 18.0. The molecule has 0 spiro atoms. The van der Waals surface area contributed by atoms with Crippen LogP contribution < -0.4 is 0 Å². The van der Waals surface area contributed by atoms with Gasteiger partial charge in [0.05, 0.1) is 23.7 Å². The van der Waals surface area contributed by atoms with Gasteiger partial charge in [-0.25, -0.2) is 0 Å². The van der Waals surface area contributed by atoms with Crippen LogP contribution in [0.4, 0.5) is 0 Å². The highest BCUT2D eigenvalue weighted by atomic mass is 32.2. The molecule has 3 nitrogen and oxygen atoms in total. The Morgan fingerprint density at radius 1 is 1.21 bits per heavy atom. The van der Waals surface area contributed by atoms with Crippen LogP contribution in [0.25, 0.3) is 0 Å². The first-order chi connectivity index (χ1) is 8.75. The minimum absolute atomic E-state index is 0.105. The summed E-state index contributed by atoms with van der Waals surface area (Å²) in [4.78, 5) is 0. The summed E-state index contributed by atoms with van der Waals surface area (Å²) in [5.74, 6) is 0.110. The molecular weight excluding hydrogens is 260 g/mol. The predicted molar refractivity (Wildman–Crippen MR) is 79.7 cm³/mol. The maximum Gasteiger partial charge on any atom is 0.0886 e. The van der Waals surface area contributed by atoms with Crippen molar-refractivity contribution in [3.05, 3.63) is 35.4 Å². The average molecular weight is 284 g/mol. The highest BCUT2D eigenvalue weighted by Crippen LogP contribution is 2.26. The maximum atomic E-state index is 12.0. The molecule has 0 aromatic heterocycles. The van der Waals surface area contributed by atoms with Crippen molar-refractivity contribution in [2.75, 3.05) is 12.4 Å². The van der Waals surface area contributed by atoms with E-state index in [-0.39, 0.29) is 23.0 Å². The molecule has 0 bridgehead atoms. The molecule has 0 heterocycles. The van der Waals surface area contributed by atoms with Crippen molar-refractivity contribution in [1.82, 2.24) is 0 Å². The lowest BCUT2D eigenvalue weighted by atomic mass is 9.86. The number of hydrogen-bond donors (Lipinski definition) is 2. The Balaban J connectivity index is 2.78. The Kier molecular flexibility index (Phi) is 5.71. The van der Waals surface area contributed by atoms with E-state index >= 15 is 0 Å². The normalized spacial score (nSPS) is 16.9. The van der Waals surface area contributed by atoms with Crippen LogP contribution in [0.15, 0.2) is 24.3 Å². The van der Waals surface area contributed by atoms with Crippen LogP contribution in [0.3, 0.4) is 0 Å². The van der Waals surface area contributed by atoms with Gasteiger partial charge in [-0.1, -0.05) is 45.0 Å². The molecule has 0 aliphatic rings. The second kappa shape index (κ2) is 6.64. The topological polar surface area (TPSA) is 57.5 Å². The molecular formula is C15H24O3S. The molecule has 0 amide bonds. The zero-order chi connectivity index (χ0) is 14.6. The van der Waals surface area contributed by atoms with Gasteiger partial charge in [-0.3, -0.25) is 4.21 Å². The van der Waals surface area contributed by atoms with Crippen LogP contribution in [0.1, 0.15) is 44.1 Å². The summed E-state index contributed by atoms with van der Waals surface area (Å²) in [6.45, 7) is 8.00. The Hall–Kier alpha value is -0.710. The molecule has 0 aliphatic carbocycles. The van der Waals surface area contributed by atoms with Crippen molar-refractivity contribution in [2.45, 2.75) is 44.5 Å². The quantitative estimate of drug-likeness (QED) is 0.871. The second-order valence-electron chi connectivity index (χ2n) is 5.90. The lowest BCUT2D eigenvalue weighted by Crippen LogP contribution is -2.22. The number of aliphatic hydroxyl groups excluding tert-OH is 2. The third kappa shape index (κ3) is 4.71. The van der Waals surface area contributed by atoms with Crippen LogP contribution in [-0.2, 0) is 16.2 Å². The van der Waals surface area contributed by atoms with Crippen molar-refractivity contribution in [3.8, 4) is 0 Å². The van der Waals surface area contributed by atoms with Gasteiger partial charge in [-0.15, -0.1) is 0 Å². The fraction of sp³-hybridized carbons (Fsp3) is 0.600. The minimum atomic E-state index is -1.18. The van der Waals surface area contributed by atoms with Crippen LogP contribution in [0, 0.1) is 0 Å².